The maximum atomic E-state index is 10.1. The van der Waals surface area contributed by atoms with Crippen LogP contribution < -0.4 is 0 Å². The van der Waals surface area contributed by atoms with Crippen molar-refractivity contribution in [3.8, 4) is 0 Å². The average molecular weight is 264 g/mol. The molecule has 0 amide bonds. The fraction of sp³-hybridized carbons (Fsp3) is 0.923. The lowest BCUT2D eigenvalue weighted by Gasteiger charge is -1.97. The van der Waals surface area contributed by atoms with Gasteiger partial charge in [-0.2, -0.15) is 0 Å². The van der Waals surface area contributed by atoms with E-state index in [1.165, 1.54) is 25.7 Å². The molecule has 0 aliphatic carbocycles. The van der Waals surface area contributed by atoms with Crippen LogP contribution in [0.15, 0.2) is 0 Å². The van der Waals surface area contributed by atoms with Crippen molar-refractivity contribution in [1.29, 1.82) is 0 Å². The van der Waals surface area contributed by atoms with E-state index >= 15 is 0 Å². The quantitative estimate of drug-likeness (QED) is 0.495. The molecule has 3 N–H and O–H groups in total. The summed E-state index contributed by atoms with van der Waals surface area (Å²) in [6.07, 6.45) is 7.25. The summed E-state index contributed by atoms with van der Waals surface area (Å²) < 4.78 is 4.63. The first-order chi connectivity index (χ1) is 8.68. The number of ether oxygens (including phenoxy) is 1. The first kappa shape index (κ1) is 19.7. The lowest BCUT2D eigenvalue weighted by molar-refractivity contribution is -0.137. The van der Waals surface area contributed by atoms with Crippen molar-refractivity contribution < 1.29 is 24.9 Å². The zero-order valence-corrected chi connectivity index (χ0v) is 11.4. The maximum absolute atomic E-state index is 10.1. The number of carboxylic acid groups (broad SMARTS) is 1. The molecule has 5 heteroatoms. The second kappa shape index (κ2) is 18.7. The van der Waals surface area contributed by atoms with Crippen LogP contribution in [-0.2, 0) is 9.53 Å². The first-order valence-electron chi connectivity index (χ1n) is 6.70. The highest BCUT2D eigenvalue weighted by Crippen LogP contribution is 2.06. The third-order valence-electron chi connectivity index (χ3n) is 2.22. The summed E-state index contributed by atoms with van der Waals surface area (Å²) in [7, 11) is 0. The van der Waals surface area contributed by atoms with Gasteiger partial charge in [0, 0.05) is 6.42 Å². The highest BCUT2D eigenvalue weighted by atomic mass is 16.5. The van der Waals surface area contributed by atoms with Crippen molar-refractivity contribution in [2.75, 3.05) is 26.4 Å². The van der Waals surface area contributed by atoms with Gasteiger partial charge in [-0.05, 0) is 6.42 Å². The van der Waals surface area contributed by atoms with E-state index < -0.39 is 5.97 Å². The topological polar surface area (TPSA) is 87.0 Å². The van der Waals surface area contributed by atoms with E-state index in [1.54, 1.807) is 0 Å². The second-order valence-corrected chi connectivity index (χ2v) is 3.97. The Morgan fingerprint density at radius 3 is 1.89 bits per heavy atom. The molecule has 0 aliphatic heterocycles. The van der Waals surface area contributed by atoms with Crippen LogP contribution in [0, 0.1) is 0 Å². The lowest BCUT2D eigenvalue weighted by atomic mass is 10.1. The van der Waals surface area contributed by atoms with Crippen molar-refractivity contribution >= 4 is 5.97 Å². The second-order valence-electron chi connectivity index (χ2n) is 3.97. The summed E-state index contributed by atoms with van der Waals surface area (Å²) in [6.45, 7) is 2.87. The van der Waals surface area contributed by atoms with Crippen molar-refractivity contribution in [3.05, 3.63) is 0 Å². The van der Waals surface area contributed by atoms with Gasteiger partial charge in [-0.3, -0.25) is 4.79 Å². The van der Waals surface area contributed by atoms with Crippen LogP contribution in [0.2, 0.25) is 0 Å². The molecule has 0 aliphatic rings. The minimum Gasteiger partial charge on any atom is -0.481 e. The fourth-order valence-electron chi connectivity index (χ4n) is 1.29. The molecule has 0 fully saturated rings. The van der Waals surface area contributed by atoms with Crippen LogP contribution in [0.3, 0.4) is 0 Å². The largest absolute Gasteiger partial charge is 0.481 e. The van der Waals surface area contributed by atoms with Gasteiger partial charge in [0.2, 0.25) is 0 Å². The maximum Gasteiger partial charge on any atom is 0.303 e. The molecule has 0 rings (SSSR count). The summed E-state index contributed by atoms with van der Waals surface area (Å²) in [6, 6.07) is 0. The third-order valence-corrected chi connectivity index (χ3v) is 2.22. The molecule has 18 heavy (non-hydrogen) atoms. The van der Waals surface area contributed by atoms with Gasteiger partial charge in [0.15, 0.2) is 0 Å². The number of unbranched alkanes of at least 4 members (excludes halogenated alkanes) is 5. The SMILES string of the molecule is CCCCCCCCC(=O)O.OCCOCCO. The zero-order chi connectivity index (χ0) is 14.1. The van der Waals surface area contributed by atoms with Crippen LogP contribution in [0.4, 0.5) is 0 Å². The van der Waals surface area contributed by atoms with E-state index in [9.17, 15) is 4.79 Å². The Kier molecular flexibility index (Phi) is 20.5. The van der Waals surface area contributed by atoms with Crippen LogP contribution >= 0.6 is 0 Å². The third kappa shape index (κ3) is 24.5. The lowest BCUT2D eigenvalue weighted by Crippen LogP contribution is -2.03. The van der Waals surface area contributed by atoms with E-state index in [2.05, 4.69) is 11.7 Å². The molecule has 0 radical (unpaired) electrons. The van der Waals surface area contributed by atoms with Gasteiger partial charge in [-0.1, -0.05) is 39.0 Å². The Labute approximate surface area is 110 Å². The van der Waals surface area contributed by atoms with Gasteiger partial charge in [-0.15, -0.1) is 0 Å². The number of hydrogen-bond acceptors (Lipinski definition) is 4. The number of rotatable bonds is 11. The number of carbonyl (C=O) groups is 1. The van der Waals surface area contributed by atoms with E-state index in [4.69, 9.17) is 15.3 Å². The summed E-state index contributed by atoms with van der Waals surface area (Å²) in [5, 5.41) is 24.5. The molecule has 0 aromatic carbocycles. The van der Waals surface area contributed by atoms with Gasteiger partial charge in [0.25, 0.3) is 0 Å². The minimum absolute atomic E-state index is 0.0278. The smallest absolute Gasteiger partial charge is 0.303 e. The Balaban J connectivity index is 0. The first-order valence-corrected chi connectivity index (χ1v) is 6.70. The van der Waals surface area contributed by atoms with Crippen LogP contribution in [-0.4, -0.2) is 47.7 Å². The highest BCUT2D eigenvalue weighted by molar-refractivity contribution is 5.66. The molecule has 0 atom stereocenters. The van der Waals surface area contributed by atoms with Crippen molar-refractivity contribution in [2.45, 2.75) is 51.9 Å². The highest BCUT2D eigenvalue weighted by Gasteiger charge is 1.95. The molecule has 0 heterocycles. The predicted octanol–water partition coefficient (Wildman–Crippen LogP) is 1.81. The number of hydrogen-bond donors (Lipinski definition) is 3. The summed E-state index contributed by atoms with van der Waals surface area (Å²) in [5.41, 5.74) is 0. The van der Waals surface area contributed by atoms with E-state index in [-0.39, 0.29) is 13.2 Å². The molecule has 0 spiro atoms. The molecule has 0 aromatic heterocycles. The molecule has 0 aromatic rings. The number of aliphatic carboxylic acids is 1. The van der Waals surface area contributed by atoms with E-state index in [1.807, 2.05) is 0 Å². The van der Waals surface area contributed by atoms with Crippen molar-refractivity contribution in [2.24, 2.45) is 0 Å². The zero-order valence-electron chi connectivity index (χ0n) is 11.4. The Hall–Kier alpha value is -0.650. The standard InChI is InChI=1S/C9H18O2.C4H10O3/c1-2-3-4-5-6-7-8-9(10)11;5-1-3-7-4-2-6/h2-8H2,1H3,(H,10,11);5-6H,1-4H2. The summed E-state index contributed by atoms with van der Waals surface area (Å²) in [5.74, 6) is -0.666. The average Bonchev–Trinajstić information content (AvgIpc) is 2.35. The fourth-order valence-corrected chi connectivity index (χ4v) is 1.29. The summed E-state index contributed by atoms with van der Waals surface area (Å²) >= 11 is 0. The number of aliphatic hydroxyl groups excluding tert-OH is 2. The molecular weight excluding hydrogens is 236 g/mol. The number of carboxylic acids is 1. The van der Waals surface area contributed by atoms with Gasteiger partial charge < -0.3 is 20.1 Å². The monoisotopic (exact) mass is 264 g/mol. The molecule has 5 nitrogen and oxygen atoms in total. The Morgan fingerprint density at radius 1 is 0.944 bits per heavy atom. The predicted molar refractivity (Wildman–Crippen MR) is 70.6 cm³/mol. The Bertz CT molecular complexity index is 157. The summed E-state index contributed by atoms with van der Waals surface area (Å²) in [4.78, 5) is 10.1. The van der Waals surface area contributed by atoms with Crippen molar-refractivity contribution in [3.63, 3.8) is 0 Å². The van der Waals surface area contributed by atoms with Crippen molar-refractivity contribution in [1.82, 2.24) is 0 Å². The van der Waals surface area contributed by atoms with Crippen LogP contribution in [0.1, 0.15) is 51.9 Å². The molecule has 110 valence electrons. The Morgan fingerprint density at radius 2 is 1.44 bits per heavy atom. The van der Waals surface area contributed by atoms with Crippen LogP contribution in [0.5, 0.6) is 0 Å². The molecule has 0 saturated heterocycles. The van der Waals surface area contributed by atoms with E-state index in [0.717, 1.165) is 12.8 Å². The minimum atomic E-state index is -0.666. The molecule has 0 saturated carbocycles. The van der Waals surface area contributed by atoms with Gasteiger partial charge in [0.1, 0.15) is 0 Å². The van der Waals surface area contributed by atoms with Crippen LogP contribution in [0.25, 0.3) is 0 Å². The molecular formula is C13H28O5. The van der Waals surface area contributed by atoms with Gasteiger partial charge >= 0.3 is 5.97 Å². The normalized spacial score (nSPS) is 9.72. The van der Waals surface area contributed by atoms with E-state index in [0.29, 0.717) is 19.6 Å². The molecule has 0 bridgehead atoms. The van der Waals surface area contributed by atoms with Gasteiger partial charge in [0.05, 0.1) is 26.4 Å². The number of aliphatic hydroxyl groups is 2. The van der Waals surface area contributed by atoms with Gasteiger partial charge in [-0.25, -0.2) is 0 Å². The molecule has 0 unspecified atom stereocenters.